The molecule has 0 spiro atoms. The predicted octanol–water partition coefficient (Wildman–Crippen LogP) is 1.96. The van der Waals surface area contributed by atoms with Crippen LogP contribution in [0.1, 0.15) is 47.9 Å². The van der Waals surface area contributed by atoms with Crippen LogP contribution in [0.2, 0.25) is 0 Å². The molecule has 1 aliphatic heterocycles. The first-order valence-electron chi connectivity index (χ1n) is 8.14. The highest BCUT2D eigenvalue weighted by molar-refractivity contribution is 5.92. The lowest BCUT2D eigenvalue weighted by Crippen LogP contribution is -2.43. The van der Waals surface area contributed by atoms with Crippen LogP contribution in [0.5, 0.6) is 0 Å². The molecule has 0 bridgehead atoms. The fourth-order valence-electron chi connectivity index (χ4n) is 2.96. The Morgan fingerprint density at radius 1 is 1.42 bits per heavy atom. The Morgan fingerprint density at radius 2 is 2.21 bits per heavy atom. The molecular formula is C17H23N5O2. The quantitative estimate of drug-likeness (QED) is 0.930. The zero-order valence-electron chi connectivity index (χ0n) is 14.3. The fourth-order valence-corrected chi connectivity index (χ4v) is 2.96. The van der Waals surface area contributed by atoms with Gasteiger partial charge < -0.3 is 15.4 Å². The average Bonchev–Trinajstić information content (AvgIpc) is 3.03. The molecule has 0 unspecified atom stereocenters. The predicted molar refractivity (Wildman–Crippen MR) is 90.6 cm³/mol. The molecule has 0 aromatic carbocycles. The minimum Gasteiger partial charge on any atom is -0.399 e. The van der Waals surface area contributed by atoms with E-state index >= 15 is 0 Å². The van der Waals surface area contributed by atoms with Crippen molar-refractivity contribution in [1.82, 2.24) is 19.7 Å². The number of carbonyl (C=O) groups is 1. The van der Waals surface area contributed by atoms with Crippen molar-refractivity contribution >= 4 is 11.6 Å². The zero-order chi connectivity index (χ0) is 17.3. The number of rotatable bonds is 3. The molecule has 24 heavy (non-hydrogen) atoms. The third-order valence-electron chi connectivity index (χ3n) is 4.06. The number of anilines is 1. The van der Waals surface area contributed by atoms with Gasteiger partial charge in [0, 0.05) is 30.2 Å². The van der Waals surface area contributed by atoms with E-state index in [9.17, 15) is 4.79 Å². The highest BCUT2D eigenvalue weighted by atomic mass is 16.5. The number of morpholine rings is 1. The van der Waals surface area contributed by atoms with Crippen molar-refractivity contribution in [3.05, 3.63) is 41.5 Å². The molecule has 7 nitrogen and oxygen atoms in total. The van der Waals surface area contributed by atoms with Crippen molar-refractivity contribution in [2.45, 2.75) is 32.9 Å². The number of nitrogens with two attached hydrogens (primary N) is 1. The molecule has 0 saturated carbocycles. The molecule has 3 heterocycles. The van der Waals surface area contributed by atoms with Gasteiger partial charge in [0.1, 0.15) is 11.8 Å². The Hall–Kier alpha value is -2.41. The number of nitrogen functional groups attached to an aromatic ring is 1. The molecule has 2 N–H and O–H groups in total. The van der Waals surface area contributed by atoms with Gasteiger partial charge in [0.2, 0.25) is 0 Å². The van der Waals surface area contributed by atoms with Gasteiger partial charge in [-0.15, -0.1) is 0 Å². The third kappa shape index (κ3) is 3.26. The Balaban J connectivity index is 1.80. The Morgan fingerprint density at radius 3 is 2.92 bits per heavy atom. The number of amides is 1. The summed E-state index contributed by atoms with van der Waals surface area (Å²) >= 11 is 0. The van der Waals surface area contributed by atoms with E-state index in [0.717, 1.165) is 11.4 Å². The number of carbonyl (C=O) groups excluding carboxylic acids is 1. The summed E-state index contributed by atoms with van der Waals surface area (Å²) < 4.78 is 7.56. The highest BCUT2D eigenvalue weighted by Crippen LogP contribution is 2.24. The standard InChI is InChI=1S/C17H23N5O2/c1-11(2)22-15(4-5-19-22)17(23)21-6-7-24-16(10-21)14-9-13(18)8-12(3)20-14/h4-5,8-9,11,16H,6-7,10H2,1-3H3,(H2,18,20)/t16-/m1/s1. The van der Waals surface area contributed by atoms with Gasteiger partial charge in [0.15, 0.2) is 0 Å². The van der Waals surface area contributed by atoms with E-state index in [2.05, 4.69) is 10.1 Å². The Bertz CT molecular complexity index is 720. The van der Waals surface area contributed by atoms with Crippen molar-refractivity contribution in [2.75, 3.05) is 25.4 Å². The van der Waals surface area contributed by atoms with Gasteiger partial charge in [0.05, 0.1) is 18.8 Å². The van der Waals surface area contributed by atoms with E-state index in [4.69, 9.17) is 10.5 Å². The summed E-state index contributed by atoms with van der Waals surface area (Å²) in [5.74, 6) is -0.0323. The topological polar surface area (TPSA) is 86.3 Å². The number of nitrogens with zero attached hydrogens (tertiary/aromatic N) is 4. The van der Waals surface area contributed by atoms with Gasteiger partial charge in [-0.1, -0.05) is 0 Å². The maximum Gasteiger partial charge on any atom is 0.272 e. The van der Waals surface area contributed by atoms with Gasteiger partial charge in [0.25, 0.3) is 5.91 Å². The number of pyridine rings is 1. The van der Waals surface area contributed by atoms with Crippen LogP contribution in [0.3, 0.4) is 0 Å². The fraction of sp³-hybridized carbons (Fsp3) is 0.471. The third-order valence-corrected chi connectivity index (χ3v) is 4.06. The van der Waals surface area contributed by atoms with Gasteiger partial charge >= 0.3 is 0 Å². The molecule has 2 aromatic heterocycles. The lowest BCUT2D eigenvalue weighted by molar-refractivity contribution is -0.0251. The van der Waals surface area contributed by atoms with Crippen LogP contribution in [0.15, 0.2) is 24.4 Å². The molecular weight excluding hydrogens is 306 g/mol. The maximum absolute atomic E-state index is 12.9. The van der Waals surface area contributed by atoms with Crippen LogP contribution in [0.4, 0.5) is 5.69 Å². The van der Waals surface area contributed by atoms with E-state index in [1.54, 1.807) is 21.8 Å². The van der Waals surface area contributed by atoms with Gasteiger partial charge in [-0.25, -0.2) is 0 Å². The number of aryl methyl sites for hydroxylation is 1. The SMILES string of the molecule is Cc1cc(N)cc([C@H]2CN(C(=O)c3ccnn3C(C)C)CCO2)n1. The minimum atomic E-state index is -0.264. The summed E-state index contributed by atoms with van der Waals surface area (Å²) in [4.78, 5) is 19.2. The lowest BCUT2D eigenvalue weighted by atomic mass is 10.1. The monoisotopic (exact) mass is 329 g/mol. The van der Waals surface area contributed by atoms with Crippen LogP contribution < -0.4 is 5.73 Å². The molecule has 2 aromatic rings. The first kappa shape index (κ1) is 16.4. The van der Waals surface area contributed by atoms with Crippen LogP contribution >= 0.6 is 0 Å². The van der Waals surface area contributed by atoms with Crippen molar-refractivity contribution in [2.24, 2.45) is 0 Å². The largest absolute Gasteiger partial charge is 0.399 e. The molecule has 0 radical (unpaired) electrons. The van der Waals surface area contributed by atoms with E-state index in [1.807, 2.05) is 32.9 Å². The number of ether oxygens (including phenoxy) is 1. The van der Waals surface area contributed by atoms with E-state index in [0.29, 0.717) is 31.1 Å². The van der Waals surface area contributed by atoms with Crippen molar-refractivity contribution in [3.63, 3.8) is 0 Å². The molecule has 3 rings (SSSR count). The molecule has 7 heteroatoms. The van der Waals surface area contributed by atoms with E-state index < -0.39 is 0 Å². The molecule has 1 amide bonds. The average molecular weight is 329 g/mol. The maximum atomic E-state index is 12.9. The number of hydrogen-bond donors (Lipinski definition) is 1. The first-order chi connectivity index (χ1) is 11.5. The molecule has 1 atom stereocenters. The smallest absolute Gasteiger partial charge is 0.272 e. The van der Waals surface area contributed by atoms with Gasteiger partial charge in [-0.2, -0.15) is 5.10 Å². The van der Waals surface area contributed by atoms with E-state index in [-0.39, 0.29) is 18.1 Å². The minimum absolute atomic E-state index is 0.0323. The molecule has 1 saturated heterocycles. The highest BCUT2D eigenvalue weighted by Gasteiger charge is 2.29. The second-order valence-electron chi connectivity index (χ2n) is 6.33. The van der Waals surface area contributed by atoms with E-state index in [1.165, 1.54) is 0 Å². The Labute approximate surface area is 141 Å². The molecule has 1 fully saturated rings. The number of aromatic nitrogens is 3. The van der Waals surface area contributed by atoms with Crippen LogP contribution in [-0.2, 0) is 4.74 Å². The second-order valence-corrected chi connectivity index (χ2v) is 6.33. The summed E-state index contributed by atoms with van der Waals surface area (Å²) in [6.45, 7) is 7.39. The molecule has 0 aliphatic carbocycles. The van der Waals surface area contributed by atoms with Crippen molar-refractivity contribution < 1.29 is 9.53 Å². The summed E-state index contributed by atoms with van der Waals surface area (Å²) in [5.41, 5.74) is 8.77. The molecule has 1 aliphatic rings. The van der Waals surface area contributed by atoms with Gasteiger partial charge in [-0.05, 0) is 39.0 Å². The van der Waals surface area contributed by atoms with Crippen molar-refractivity contribution in [3.8, 4) is 0 Å². The van der Waals surface area contributed by atoms with Crippen LogP contribution in [-0.4, -0.2) is 45.3 Å². The summed E-state index contributed by atoms with van der Waals surface area (Å²) in [5, 5.41) is 4.24. The lowest BCUT2D eigenvalue weighted by Gasteiger charge is -2.33. The normalized spacial score (nSPS) is 18.2. The first-order valence-corrected chi connectivity index (χ1v) is 8.14. The van der Waals surface area contributed by atoms with Crippen LogP contribution in [0, 0.1) is 6.92 Å². The van der Waals surface area contributed by atoms with Gasteiger partial charge in [-0.3, -0.25) is 14.5 Å². The second kappa shape index (κ2) is 6.60. The summed E-state index contributed by atoms with van der Waals surface area (Å²) in [6.07, 6.45) is 1.40. The molecule has 128 valence electrons. The summed E-state index contributed by atoms with van der Waals surface area (Å²) in [7, 11) is 0. The summed E-state index contributed by atoms with van der Waals surface area (Å²) in [6, 6.07) is 5.52. The van der Waals surface area contributed by atoms with Crippen LogP contribution in [0.25, 0.3) is 0 Å². The zero-order valence-corrected chi connectivity index (χ0v) is 14.3. The Kier molecular flexibility index (Phi) is 4.53. The number of hydrogen-bond acceptors (Lipinski definition) is 5. The van der Waals surface area contributed by atoms with Crippen molar-refractivity contribution in [1.29, 1.82) is 0 Å².